The molecule has 0 aromatic heterocycles. The molecule has 2 unspecified atom stereocenters. The largest absolute Gasteiger partial charge is 0.359 e. The van der Waals surface area contributed by atoms with E-state index < -0.39 is 0 Å². The van der Waals surface area contributed by atoms with Gasteiger partial charge in [-0.25, -0.2) is 0 Å². The highest BCUT2D eigenvalue weighted by Gasteiger charge is 2.36. The normalized spacial score (nSPS) is 27.9. The molecular formula is C14H22N2O2. The Balaban J connectivity index is 2.06. The van der Waals surface area contributed by atoms with Gasteiger partial charge in [0, 0.05) is 20.1 Å². The molecule has 1 N–H and O–H groups in total. The Morgan fingerprint density at radius 2 is 1.67 bits per heavy atom. The molecular weight excluding hydrogens is 228 g/mol. The molecule has 0 aromatic rings. The molecule has 1 heterocycles. The summed E-state index contributed by atoms with van der Waals surface area (Å²) in [6.07, 6.45) is 8.84. The highest BCUT2D eigenvalue weighted by atomic mass is 16.2. The molecule has 0 aromatic carbocycles. The highest BCUT2D eigenvalue weighted by molar-refractivity contribution is 5.88. The van der Waals surface area contributed by atoms with E-state index in [-0.39, 0.29) is 23.7 Å². The first-order chi connectivity index (χ1) is 8.74. The number of carbonyl (C=O) groups is 2. The number of carbonyl (C=O) groups excluding carboxylic acids is 2. The third kappa shape index (κ3) is 2.74. The molecule has 1 fully saturated rings. The van der Waals surface area contributed by atoms with Crippen LogP contribution in [0.15, 0.2) is 12.2 Å². The van der Waals surface area contributed by atoms with Gasteiger partial charge in [0.1, 0.15) is 0 Å². The maximum absolute atomic E-state index is 12.5. The van der Waals surface area contributed by atoms with Crippen molar-refractivity contribution in [2.24, 2.45) is 11.8 Å². The van der Waals surface area contributed by atoms with Crippen molar-refractivity contribution in [3.8, 4) is 0 Å². The van der Waals surface area contributed by atoms with Crippen LogP contribution in [0.4, 0.5) is 0 Å². The standard InChI is InChI=1S/C14H22N2O2/c1-15-13(17)11-7-3-4-8-12(11)14(18)16-9-5-2-6-10-16/h3-4,11-12H,2,5-10H2,1H3,(H,15,17). The average molecular weight is 250 g/mol. The van der Waals surface area contributed by atoms with Crippen LogP contribution in [-0.4, -0.2) is 36.9 Å². The summed E-state index contributed by atoms with van der Waals surface area (Å²) in [6.45, 7) is 1.72. The zero-order valence-corrected chi connectivity index (χ0v) is 11.0. The number of amides is 2. The zero-order chi connectivity index (χ0) is 13.0. The van der Waals surface area contributed by atoms with Crippen molar-refractivity contribution in [3.63, 3.8) is 0 Å². The molecule has 100 valence electrons. The van der Waals surface area contributed by atoms with Gasteiger partial charge in [-0.1, -0.05) is 12.2 Å². The second-order valence-electron chi connectivity index (χ2n) is 5.16. The quantitative estimate of drug-likeness (QED) is 0.752. The van der Waals surface area contributed by atoms with Crippen LogP contribution in [-0.2, 0) is 9.59 Å². The summed E-state index contributed by atoms with van der Waals surface area (Å²) in [5.74, 6) is -0.176. The van der Waals surface area contributed by atoms with Crippen LogP contribution in [0.25, 0.3) is 0 Å². The minimum absolute atomic E-state index is 0.00490. The van der Waals surface area contributed by atoms with Gasteiger partial charge in [0.25, 0.3) is 0 Å². The van der Waals surface area contributed by atoms with E-state index in [9.17, 15) is 9.59 Å². The van der Waals surface area contributed by atoms with Gasteiger partial charge >= 0.3 is 0 Å². The predicted molar refractivity (Wildman–Crippen MR) is 69.9 cm³/mol. The molecule has 0 saturated carbocycles. The second-order valence-corrected chi connectivity index (χ2v) is 5.16. The number of nitrogens with one attached hydrogen (secondary N) is 1. The molecule has 4 heteroatoms. The lowest BCUT2D eigenvalue weighted by Gasteiger charge is -2.34. The Morgan fingerprint density at radius 3 is 2.28 bits per heavy atom. The van der Waals surface area contributed by atoms with E-state index in [1.807, 2.05) is 17.1 Å². The molecule has 1 saturated heterocycles. The number of allylic oxidation sites excluding steroid dienone is 2. The molecule has 0 radical (unpaired) electrons. The van der Waals surface area contributed by atoms with Gasteiger partial charge in [-0.05, 0) is 32.1 Å². The van der Waals surface area contributed by atoms with Gasteiger partial charge in [-0.15, -0.1) is 0 Å². The van der Waals surface area contributed by atoms with Crippen molar-refractivity contribution in [1.82, 2.24) is 10.2 Å². The molecule has 0 bridgehead atoms. The van der Waals surface area contributed by atoms with Crippen molar-refractivity contribution in [3.05, 3.63) is 12.2 Å². The van der Waals surface area contributed by atoms with Crippen LogP contribution in [0.1, 0.15) is 32.1 Å². The molecule has 0 spiro atoms. The van der Waals surface area contributed by atoms with Crippen molar-refractivity contribution >= 4 is 11.8 Å². The van der Waals surface area contributed by atoms with Crippen molar-refractivity contribution in [2.75, 3.05) is 20.1 Å². The number of piperidine rings is 1. The van der Waals surface area contributed by atoms with Crippen LogP contribution in [0, 0.1) is 11.8 Å². The SMILES string of the molecule is CNC(=O)C1CC=CCC1C(=O)N1CCCCC1. The molecule has 2 atom stereocenters. The number of likely N-dealkylation sites (tertiary alicyclic amines) is 1. The van der Waals surface area contributed by atoms with E-state index in [0.29, 0.717) is 12.8 Å². The van der Waals surface area contributed by atoms with E-state index in [4.69, 9.17) is 0 Å². The summed E-state index contributed by atoms with van der Waals surface area (Å²) in [5, 5.41) is 2.68. The van der Waals surface area contributed by atoms with Gasteiger partial charge in [-0.2, -0.15) is 0 Å². The lowest BCUT2D eigenvalue weighted by atomic mass is 9.81. The van der Waals surface area contributed by atoms with E-state index in [1.54, 1.807) is 7.05 Å². The first-order valence-electron chi connectivity index (χ1n) is 6.89. The molecule has 4 nitrogen and oxygen atoms in total. The van der Waals surface area contributed by atoms with E-state index in [1.165, 1.54) is 6.42 Å². The van der Waals surface area contributed by atoms with Crippen molar-refractivity contribution in [2.45, 2.75) is 32.1 Å². The van der Waals surface area contributed by atoms with Crippen LogP contribution < -0.4 is 5.32 Å². The Morgan fingerprint density at radius 1 is 1.06 bits per heavy atom. The third-order valence-electron chi connectivity index (χ3n) is 4.00. The topological polar surface area (TPSA) is 49.4 Å². The summed E-state index contributed by atoms with van der Waals surface area (Å²) >= 11 is 0. The first-order valence-corrected chi connectivity index (χ1v) is 6.89. The van der Waals surface area contributed by atoms with Gasteiger partial charge in [0.05, 0.1) is 11.8 Å². The molecule has 2 aliphatic rings. The molecule has 2 rings (SSSR count). The lowest BCUT2D eigenvalue weighted by Crippen LogP contribution is -2.45. The van der Waals surface area contributed by atoms with Gasteiger partial charge in [0.15, 0.2) is 0 Å². The fraction of sp³-hybridized carbons (Fsp3) is 0.714. The van der Waals surface area contributed by atoms with E-state index in [0.717, 1.165) is 25.9 Å². The van der Waals surface area contributed by atoms with Crippen molar-refractivity contribution < 1.29 is 9.59 Å². The van der Waals surface area contributed by atoms with Gasteiger partial charge < -0.3 is 10.2 Å². The number of hydrogen-bond acceptors (Lipinski definition) is 2. The number of nitrogens with zero attached hydrogens (tertiary/aromatic N) is 1. The smallest absolute Gasteiger partial charge is 0.226 e. The average Bonchev–Trinajstić information content (AvgIpc) is 2.46. The summed E-state index contributed by atoms with van der Waals surface area (Å²) in [6, 6.07) is 0. The minimum atomic E-state index is -0.186. The minimum Gasteiger partial charge on any atom is -0.359 e. The predicted octanol–water partition coefficient (Wildman–Crippen LogP) is 1.33. The molecule has 1 aliphatic heterocycles. The lowest BCUT2D eigenvalue weighted by molar-refractivity contribution is -0.142. The Labute approximate surface area is 108 Å². The molecule has 2 amide bonds. The fourth-order valence-electron chi connectivity index (χ4n) is 2.91. The summed E-state index contributed by atoms with van der Waals surface area (Å²) in [4.78, 5) is 26.3. The van der Waals surface area contributed by atoms with Gasteiger partial charge in [0.2, 0.25) is 11.8 Å². The summed E-state index contributed by atoms with van der Waals surface area (Å²) in [7, 11) is 1.64. The van der Waals surface area contributed by atoms with Crippen LogP contribution in [0.5, 0.6) is 0 Å². The fourth-order valence-corrected chi connectivity index (χ4v) is 2.91. The highest BCUT2D eigenvalue weighted by Crippen LogP contribution is 2.28. The monoisotopic (exact) mass is 250 g/mol. The van der Waals surface area contributed by atoms with Crippen molar-refractivity contribution in [1.29, 1.82) is 0 Å². The van der Waals surface area contributed by atoms with E-state index in [2.05, 4.69) is 5.32 Å². The van der Waals surface area contributed by atoms with Crippen LogP contribution >= 0.6 is 0 Å². The molecule has 1 aliphatic carbocycles. The second kappa shape index (κ2) is 6.03. The first kappa shape index (κ1) is 13.1. The number of hydrogen-bond donors (Lipinski definition) is 1. The maximum Gasteiger partial charge on any atom is 0.226 e. The Bertz CT molecular complexity index is 346. The Kier molecular flexibility index (Phi) is 4.39. The zero-order valence-electron chi connectivity index (χ0n) is 11.0. The third-order valence-corrected chi connectivity index (χ3v) is 4.00. The molecule has 18 heavy (non-hydrogen) atoms. The van der Waals surface area contributed by atoms with Crippen LogP contribution in [0.3, 0.4) is 0 Å². The van der Waals surface area contributed by atoms with Gasteiger partial charge in [-0.3, -0.25) is 9.59 Å². The Hall–Kier alpha value is -1.32. The number of rotatable bonds is 2. The van der Waals surface area contributed by atoms with E-state index >= 15 is 0 Å². The summed E-state index contributed by atoms with van der Waals surface area (Å²) in [5.41, 5.74) is 0. The summed E-state index contributed by atoms with van der Waals surface area (Å²) < 4.78 is 0. The maximum atomic E-state index is 12.5. The van der Waals surface area contributed by atoms with Crippen LogP contribution in [0.2, 0.25) is 0 Å².